The first kappa shape index (κ1) is 10.3. The zero-order valence-electron chi connectivity index (χ0n) is 7.57. The Morgan fingerprint density at radius 1 is 1.53 bits per heavy atom. The summed E-state index contributed by atoms with van der Waals surface area (Å²) in [7, 11) is 0. The monoisotopic (exact) mass is 273 g/mol. The Hall–Kier alpha value is -1.27. The van der Waals surface area contributed by atoms with E-state index in [-0.39, 0.29) is 6.79 Å². The minimum Gasteiger partial charge on any atom is -0.480 e. The maximum Gasteiger partial charge on any atom is 0.325 e. The van der Waals surface area contributed by atoms with Crippen LogP contribution in [0.25, 0.3) is 0 Å². The van der Waals surface area contributed by atoms with Crippen molar-refractivity contribution in [3.63, 3.8) is 0 Å². The van der Waals surface area contributed by atoms with Gasteiger partial charge in [-0.15, -0.1) is 0 Å². The maximum absolute atomic E-state index is 10.8. The van der Waals surface area contributed by atoms with Gasteiger partial charge in [0.1, 0.15) is 6.04 Å². The van der Waals surface area contributed by atoms with Crippen LogP contribution in [0, 0.1) is 0 Å². The van der Waals surface area contributed by atoms with Crippen molar-refractivity contribution in [2.24, 2.45) is 5.73 Å². The van der Waals surface area contributed by atoms with Crippen molar-refractivity contribution in [3.8, 4) is 11.5 Å². The van der Waals surface area contributed by atoms with Crippen molar-refractivity contribution in [2.75, 3.05) is 6.79 Å². The number of hydrogen-bond donors (Lipinski definition) is 2. The molecular weight excluding hydrogens is 266 g/mol. The zero-order chi connectivity index (χ0) is 11.0. The predicted molar refractivity (Wildman–Crippen MR) is 54.8 cm³/mol. The molecule has 0 amide bonds. The molecule has 6 heteroatoms. The molecule has 0 saturated carbocycles. The molecule has 0 radical (unpaired) electrons. The fraction of sp³-hybridized carbons (Fsp3) is 0.222. The quantitative estimate of drug-likeness (QED) is 0.848. The van der Waals surface area contributed by atoms with Gasteiger partial charge in [0.05, 0.1) is 0 Å². The average molecular weight is 274 g/mol. The Balaban J connectivity index is 2.51. The number of carbonyl (C=O) groups is 1. The third-order valence-electron chi connectivity index (χ3n) is 2.07. The third kappa shape index (κ3) is 1.78. The van der Waals surface area contributed by atoms with E-state index >= 15 is 0 Å². The number of ether oxygens (including phenoxy) is 2. The van der Waals surface area contributed by atoms with Crippen LogP contribution in [0.1, 0.15) is 11.6 Å². The molecule has 1 unspecified atom stereocenters. The molecule has 2 rings (SSSR count). The van der Waals surface area contributed by atoms with Gasteiger partial charge < -0.3 is 20.3 Å². The summed E-state index contributed by atoms with van der Waals surface area (Å²) in [6.45, 7) is 0.0884. The number of rotatable bonds is 2. The molecule has 1 aliphatic rings. The highest BCUT2D eigenvalue weighted by molar-refractivity contribution is 9.10. The molecule has 15 heavy (non-hydrogen) atoms. The maximum atomic E-state index is 10.8. The van der Waals surface area contributed by atoms with Crippen LogP contribution in [0.3, 0.4) is 0 Å². The lowest BCUT2D eigenvalue weighted by molar-refractivity contribution is -0.138. The highest BCUT2D eigenvalue weighted by Crippen LogP contribution is 2.40. The fourth-order valence-corrected chi connectivity index (χ4v) is 1.82. The van der Waals surface area contributed by atoms with Crippen LogP contribution in [0.15, 0.2) is 16.6 Å². The van der Waals surface area contributed by atoms with E-state index in [1.165, 1.54) is 0 Å². The minimum atomic E-state index is -1.11. The normalized spacial score (nSPS) is 15.1. The highest BCUT2D eigenvalue weighted by Gasteiger charge is 2.26. The molecular formula is C9H8BrNO4. The molecule has 3 N–H and O–H groups in total. The van der Waals surface area contributed by atoms with E-state index in [9.17, 15) is 4.79 Å². The molecule has 0 aliphatic carbocycles. The van der Waals surface area contributed by atoms with E-state index < -0.39 is 12.0 Å². The van der Waals surface area contributed by atoms with Gasteiger partial charge in [-0.1, -0.05) is 15.9 Å². The lowest BCUT2D eigenvalue weighted by Crippen LogP contribution is -2.21. The van der Waals surface area contributed by atoms with Crippen molar-refractivity contribution in [2.45, 2.75) is 6.04 Å². The summed E-state index contributed by atoms with van der Waals surface area (Å²) in [5, 5.41) is 8.82. The molecule has 1 aromatic carbocycles. The Morgan fingerprint density at radius 2 is 2.27 bits per heavy atom. The van der Waals surface area contributed by atoms with Crippen LogP contribution in [0.5, 0.6) is 11.5 Å². The first-order valence-electron chi connectivity index (χ1n) is 4.17. The van der Waals surface area contributed by atoms with Crippen molar-refractivity contribution in [3.05, 3.63) is 22.2 Å². The second kappa shape index (κ2) is 3.71. The first-order chi connectivity index (χ1) is 7.09. The van der Waals surface area contributed by atoms with Gasteiger partial charge >= 0.3 is 5.97 Å². The van der Waals surface area contributed by atoms with Gasteiger partial charge in [-0.3, -0.25) is 4.79 Å². The largest absolute Gasteiger partial charge is 0.480 e. The SMILES string of the molecule is NC(C(=O)O)c1cc(Br)cc2c1OCO2. The zero-order valence-corrected chi connectivity index (χ0v) is 9.15. The van der Waals surface area contributed by atoms with Gasteiger partial charge in [0, 0.05) is 10.0 Å². The molecule has 0 spiro atoms. The van der Waals surface area contributed by atoms with Crippen LogP contribution in [0.4, 0.5) is 0 Å². The van der Waals surface area contributed by atoms with Gasteiger partial charge in [-0.2, -0.15) is 0 Å². The summed E-state index contributed by atoms with van der Waals surface area (Å²) in [5.41, 5.74) is 5.93. The Kier molecular flexibility index (Phi) is 2.54. The molecule has 1 aliphatic heterocycles. The summed E-state index contributed by atoms with van der Waals surface area (Å²) < 4.78 is 11.0. The van der Waals surface area contributed by atoms with Crippen LogP contribution in [0.2, 0.25) is 0 Å². The molecule has 0 bridgehead atoms. The molecule has 1 aromatic rings. The summed E-state index contributed by atoms with van der Waals surface area (Å²) >= 11 is 3.25. The van der Waals surface area contributed by atoms with Gasteiger partial charge in [-0.05, 0) is 12.1 Å². The highest BCUT2D eigenvalue weighted by atomic mass is 79.9. The molecule has 1 heterocycles. The van der Waals surface area contributed by atoms with E-state index in [0.29, 0.717) is 21.5 Å². The lowest BCUT2D eigenvalue weighted by atomic mass is 10.1. The van der Waals surface area contributed by atoms with Crippen LogP contribution >= 0.6 is 15.9 Å². The first-order valence-corrected chi connectivity index (χ1v) is 4.96. The Morgan fingerprint density at radius 3 is 2.93 bits per heavy atom. The van der Waals surface area contributed by atoms with E-state index in [0.717, 1.165) is 0 Å². The van der Waals surface area contributed by atoms with Crippen molar-refractivity contribution < 1.29 is 19.4 Å². The molecule has 0 aromatic heterocycles. The predicted octanol–water partition coefficient (Wildman–Crippen LogP) is 1.26. The standard InChI is InChI=1S/C9H8BrNO4/c10-4-1-5(7(11)9(12)13)8-6(2-4)14-3-15-8/h1-2,7H,3,11H2,(H,12,13). The Labute approximate surface area is 93.9 Å². The van der Waals surface area contributed by atoms with Crippen LogP contribution in [-0.4, -0.2) is 17.9 Å². The molecule has 0 fully saturated rings. The fourth-order valence-electron chi connectivity index (χ4n) is 1.37. The number of carboxylic acid groups (broad SMARTS) is 1. The summed E-state index contributed by atoms with van der Waals surface area (Å²) in [5.74, 6) is -0.185. The van der Waals surface area contributed by atoms with E-state index in [1.807, 2.05) is 0 Å². The van der Waals surface area contributed by atoms with Crippen molar-refractivity contribution in [1.82, 2.24) is 0 Å². The summed E-state index contributed by atoms with van der Waals surface area (Å²) in [6, 6.07) is 2.21. The second-order valence-corrected chi connectivity index (χ2v) is 3.96. The number of nitrogens with two attached hydrogens (primary N) is 1. The van der Waals surface area contributed by atoms with Gasteiger partial charge in [0.25, 0.3) is 0 Å². The van der Waals surface area contributed by atoms with E-state index in [4.69, 9.17) is 20.3 Å². The van der Waals surface area contributed by atoms with E-state index in [1.54, 1.807) is 12.1 Å². The van der Waals surface area contributed by atoms with Gasteiger partial charge in [0.2, 0.25) is 6.79 Å². The number of benzene rings is 1. The number of aliphatic carboxylic acids is 1. The lowest BCUT2D eigenvalue weighted by Gasteiger charge is -2.10. The molecule has 80 valence electrons. The van der Waals surface area contributed by atoms with E-state index in [2.05, 4.69) is 15.9 Å². The van der Waals surface area contributed by atoms with Gasteiger partial charge in [-0.25, -0.2) is 0 Å². The third-order valence-corrected chi connectivity index (χ3v) is 2.52. The smallest absolute Gasteiger partial charge is 0.325 e. The number of hydrogen-bond acceptors (Lipinski definition) is 4. The molecule has 0 saturated heterocycles. The van der Waals surface area contributed by atoms with Gasteiger partial charge in [0.15, 0.2) is 11.5 Å². The number of halogens is 1. The molecule has 5 nitrogen and oxygen atoms in total. The van der Waals surface area contributed by atoms with Crippen molar-refractivity contribution in [1.29, 1.82) is 0 Å². The second-order valence-electron chi connectivity index (χ2n) is 3.04. The summed E-state index contributed by atoms with van der Waals surface area (Å²) in [6.07, 6.45) is 0. The van der Waals surface area contributed by atoms with Crippen LogP contribution in [-0.2, 0) is 4.79 Å². The number of fused-ring (bicyclic) bond motifs is 1. The number of carboxylic acids is 1. The average Bonchev–Trinajstić information content (AvgIpc) is 2.62. The summed E-state index contributed by atoms with van der Waals surface area (Å²) in [4.78, 5) is 10.8. The topological polar surface area (TPSA) is 81.8 Å². The Bertz CT molecular complexity index is 421. The molecule has 1 atom stereocenters. The van der Waals surface area contributed by atoms with Crippen molar-refractivity contribution >= 4 is 21.9 Å². The minimum absolute atomic E-state index is 0.0884. The van der Waals surface area contributed by atoms with Crippen LogP contribution < -0.4 is 15.2 Å².